The molecule has 1 aromatic carbocycles. The maximum Gasteiger partial charge on any atom is 0.258 e. The first-order chi connectivity index (χ1) is 9.65. The summed E-state index contributed by atoms with van der Waals surface area (Å²) in [5, 5.41) is 2.65. The molecule has 0 aliphatic heterocycles. The number of anilines is 2. The SMILES string of the molecule is COc1cc(OC)c(N)c(C(=O)Nc2cncnc2)c1. The van der Waals surface area contributed by atoms with E-state index in [9.17, 15) is 4.79 Å². The first-order valence-electron chi connectivity index (χ1n) is 5.73. The van der Waals surface area contributed by atoms with Gasteiger partial charge in [0.1, 0.15) is 17.8 Å². The van der Waals surface area contributed by atoms with Crippen molar-refractivity contribution in [2.75, 3.05) is 25.3 Å². The highest BCUT2D eigenvalue weighted by Gasteiger charge is 2.16. The van der Waals surface area contributed by atoms with Crippen LogP contribution >= 0.6 is 0 Å². The maximum atomic E-state index is 12.2. The van der Waals surface area contributed by atoms with Crippen LogP contribution < -0.4 is 20.5 Å². The number of amides is 1. The van der Waals surface area contributed by atoms with Gasteiger partial charge < -0.3 is 20.5 Å². The average molecular weight is 274 g/mol. The van der Waals surface area contributed by atoms with Crippen LogP contribution in [0, 0.1) is 0 Å². The lowest BCUT2D eigenvalue weighted by Gasteiger charge is -2.12. The molecule has 2 rings (SSSR count). The first-order valence-corrected chi connectivity index (χ1v) is 5.73. The average Bonchev–Trinajstić information content (AvgIpc) is 2.48. The van der Waals surface area contributed by atoms with E-state index in [1.807, 2.05) is 0 Å². The number of hydrogen-bond acceptors (Lipinski definition) is 6. The minimum absolute atomic E-state index is 0.239. The van der Waals surface area contributed by atoms with Crippen molar-refractivity contribution in [1.29, 1.82) is 0 Å². The molecule has 0 saturated carbocycles. The summed E-state index contributed by atoms with van der Waals surface area (Å²) in [6, 6.07) is 3.15. The second-order valence-corrected chi connectivity index (χ2v) is 3.87. The molecule has 7 heteroatoms. The molecule has 20 heavy (non-hydrogen) atoms. The van der Waals surface area contributed by atoms with E-state index >= 15 is 0 Å². The van der Waals surface area contributed by atoms with Crippen molar-refractivity contribution < 1.29 is 14.3 Å². The summed E-state index contributed by atoms with van der Waals surface area (Å²) in [7, 11) is 2.97. The van der Waals surface area contributed by atoms with Crippen LogP contribution in [-0.2, 0) is 0 Å². The van der Waals surface area contributed by atoms with Crippen molar-refractivity contribution in [2.24, 2.45) is 0 Å². The molecule has 0 radical (unpaired) electrons. The Labute approximate surface area is 115 Å². The van der Waals surface area contributed by atoms with E-state index in [0.717, 1.165) is 0 Å². The topological polar surface area (TPSA) is 99.4 Å². The van der Waals surface area contributed by atoms with Gasteiger partial charge in [0.05, 0.1) is 43.6 Å². The van der Waals surface area contributed by atoms with E-state index in [1.165, 1.54) is 39.0 Å². The van der Waals surface area contributed by atoms with Crippen LogP contribution in [0.3, 0.4) is 0 Å². The molecule has 0 saturated heterocycles. The third-order valence-corrected chi connectivity index (χ3v) is 2.63. The van der Waals surface area contributed by atoms with Crippen LogP contribution in [-0.4, -0.2) is 30.1 Å². The van der Waals surface area contributed by atoms with Crippen LogP contribution in [0.15, 0.2) is 30.9 Å². The van der Waals surface area contributed by atoms with E-state index in [-0.39, 0.29) is 11.3 Å². The molecule has 0 aliphatic carbocycles. The summed E-state index contributed by atoms with van der Waals surface area (Å²) in [5.74, 6) is 0.457. The second-order valence-electron chi connectivity index (χ2n) is 3.87. The minimum Gasteiger partial charge on any atom is -0.497 e. The highest BCUT2D eigenvalue weighted by Crippen LogP contribution is 2.31. The van der Waals surface area contributed by atoms with Gasteiger partial charge in [-0.15, -0.1) is 0 Å². The van der Waals surface area contributed by atoms with Crippen molar-refractivity contribution in [2.45, 2.75) is 0 Å². The van der Waals surface area contributed by atoms with Gasteiger partial charge in [0, 0.05) is 6.07 Å². The molecule has 3 N–H and O–H groups in total. The number of nitrogens with zero attached hydrogens (tertiary/aromatic N) is 2. The summed E-state index contributed by atoms with van der Waals surface area (Å²) >= 11 is 0. The molecular weight excluding hydrogens is 260 g/mol. The smallest absolute Gasteiger partial charge is 0.258 e. The lowest BCUT2D eigenvalue weighted by Crippen LogP contribution is -2.15. The highest BCUT2D eigenvalue weighted by atomic mass is 16.5. The van der Waals surface area contributed by atoms with Crippen molar-refractivity contribution in [3.63, 3.8) is 0 Å². The van der Waals surface area contributed by atoms with Crippen molar-refractivity contribution in [3.8, 4) is 11.5 Å². The third-order valence-electron chi connectivity index (χ3n) is 2.63. The van der Waals surface area contributed by atoms with Crippen LogP contribution in [0.25, 0.3) is 0 Å². The van der Waals surface area contributed by atoms with Gasteiger partial charge in [-0.1, -0.05) is 0 Å². The quantitative estimate of drug-likeness (QED) is 0.816. The molecule has 1 aromatic heterocycles. The number of methoxy groups -OCH3 is 2. The lowest BCUT2D eigenvalue weighted by atomic mass is 10.1. The maximum absolute atomic E-state index is 12.2. The molecule has 0 spiro atoms. The van der Waals surface area contributed by atoms with Crippen molar-refractivity contribution in [3.05, 3.63) is 36.4 Å². The fourth-order valence-corrected chi connectivity index (χ4v) is 1.64. The number of nitrogens with two attached hydrogens (primary N) is 1. The van der Waals surface area contributed by atoms with E-state index in [2.05, 4.69) is 15.3 Å². The standard InChI is InChI=1S/C13H14N4O3/c1-19-9-3-10(12(14)11(4-9)20-2)13(18)17-8-5-15-7-16-6-8/h3-7H,14H2,1-2H3,(H,17,18). The van der Waals surface area contributed by atoms with Crippen LogP contribution in [0.2, 0.25) is 0 Å². The number of aromatic nitrogens is 2. The monoisotopic (exact) mass is 274 g/mol. The van der Waals surface area contributed by atoms with E-state index < -0.39 is 5.91 Å². The Morgan fingerprint density at radius 2 is 1.90 bits per heavy atom. The Bertz CT molecular complexity index is 617. The number of benzene rings is 1. The number of hydrogen-bond donors (Lipinski definition) is 2. The van der Waals surface area contributed by atoms with E-state index in [1.54, 1.807) is 6.07 Å². The van der Waals surface area contributed by atoms with Gasteiger partial charge in [-0.25, -0.2) is 9.97 Å². The van der Waals surface area contributed by atoms with E-state index in [4.69, 9.17) is 15.2 Å². The summed E-state index contributed by atoms with van der Waals surface area (Å²) in [6.07, 6.45) is 4.34. The normalized spacial score (nSPS) is 9.90. The largest absolute Gasteiger partial charge is 0.497 e. The van der Waals surface area contributed by atoms with Gasteiger partial charge in [-0.2, -0.15) is 0 Å². The Morgan fingerprint density at radius 3 is 2.50 bits per heavy atom. The van der Waals surface area contributed by atoms with Crippen LogP contribution in [0.5, 0.6) is 11.5 Å². The molecular formula is C13H14N4O3. The van der Waals surface area contributed by atoms with Gasteiger partial charge in [-0.05, 0) is 6.07 Å². The summed E-state index contributed by atoms with van der Waals surface area (Å²) in [5.41, 5.74) is 6.86. The zero-order chi connectivity index (χ0) is 14.5. The van der Waals surface area contributed by atoms with E-state index in [0.29, 0.717) is 17.2 Å². The second kappa shape index (κ2) is 5.87. The molecule has 0 bridgehead atoms. The fourth-order valence-electron chi connectivity index (χ4n) is 1.64. The van der Waals surface area contributed by atoms with Crippen LogP contribution in [0.1, 0.15) is 10.4 Å². The predicted octanol–water partition coefficient (Wildman–Crippen LogP) is 1.33. The van der Waals surface area contributed by atoms with Gasteiger partial charge in [0.2, 0.25) is 0 Å². The minimum atomic E-state index is -0.394. The molecule has 2 aromatic rings. The van der Waals surface area contributed by atoms with Crippen molar-refractivity contribution in [1.82, 2.24) is 9.97 Å². The van der Waals surface area contributed by atoms with Gasteiger partial charge >= 0.3 is 0 Å². The number of rotatable bonds is 4. The molecule has 1 heterocycles. The molecule has 0 fully saturated rings. The Hall–Kier alpha value is -2.83. The van der Waals surface area contributed by atoms with Gasteiger partial charge in [-0.3, -0.25) is 4.79 Å². The number of ether oxygens (including phenoxy) is 2. The number of nitrogen functional groups attached to an aromatic ring is 1. The number of carbonyl (C=O) groups is 1. The van der Waals surface area contributed by atoms with Crippen molar-refractivity contribution >= 4 is 17.3 Å². The predicted molar refractivity (Wildman–Crippen MR) is 73.9 cm³/mol. The molecule has 7 nitrogen and oxygen atoms in total. The van der Waals surface area contributed by atoms with Crippen LogP contribution in [0.4, 0.5) is 11.4 Å². The summed E-state index contributed by atoms with van der Waals surface area (Å²) in [6.45, 7) is 0. The van der Waals surface area contributed by atoms with Gasteiger partial charge in [0.25, 0.3) is 5.91 Å². The Morgan fingerprint density at radius 1 is 1.20 bits per heavy atom. The molecule has 0 unspecified atom stereocenters. The summed E-state index contributed by atoms with van der Waals surface area (Å²) in [4.78, 5) is 19.8. The zero-order valence-corrected chi connectivity index (χ0v) is 11.1. The fraction of sp³-hybridized carbons (Fsp3) is 0.154. The highest BCUT2D eigenvalue weighted by molar-refractivity contribution is 6.08. The molecule has 104 valence electrons. The number of nitrogens with one attached hydrogen (secondary N) is 1. The first kappa shape index (κ1) is 13.6. The Kier molecular flexibility index (Phi) is 3.99. The molecule has 1 amide bonds. The summed E-state index contributed by atoms with van der Waals surface area (Å²) < 4.78 is 10.2. The zero-order valence-electron chi connectivity index (χ0n) is 11.1. The third kappa shape index (κ3) is 2.77. The number of carbonyl (C=O) groups excluding carboxylic acids is 1. The molecule has 0 atom stereocenters. The Balaban J connectivity index is 2.34. The molecule has 0 aliphatic rings. The van der Waals surface area contributed by atoms with Gasteiger partial charge in [0.15, 0.2) is 0 Å². The lowest BCUT2D eigenvalue weighted by molar-refractivity contribution is 0.102.